The highest BCUT2D eigenvalue weighted by molar-refractivity contribution is 5.92. The molecule has 2 aromatic rings. The second-order valence-corrected chi connectivity index (χ2v) is 6.03. The van der Waals surface area contributed by atoms with Crippen molar-refractivity contribution in [3.63, 3.8) is 0 Å². The van der Waals surface area contributed by atoms with Crippen LogP contribution in [-0.4, -0.2) is 47.9 Å². The van der Waals surface area contributed by atoms with Crippen molar-refractivity contribution in [1.29, 1.82) is 0 Å². The Hall–Kier alpha value is -3.03. The maximum atomic E-state index is 12.5. The molecule has 0 saturated carbocycles. The number of benzene rings is 1. The molecule has 0 bridgehead atoms. The Labute approximate surface area is 151 Å². The number of hydrogen-bond acceptors (Lipinski definition) is 6. The fraction of sp³-hybridized carbons (Fsp3) is 0.389. The van der Waals surface area contributed by atoms with Gasteiger partial charge >= 0.3 is 0 Å². The summed E-state index contributed by atoms with van der Waals surface area (Å²) in [4.78, 5) is 29.4. The van der Waals surface area contributed by atoms with Gasteiger partial charge in [0.2, 0.25) is 11.8 Å². The summed E-state index contributed by atoms with van der Waals surface area (Å²) in [7, 11) is 1.60. The molecule has 1 aliphatic heterocycles. The Bertz CT molecular complexity index is 771. The molecule has 1 aromatic heterocycles. The van der Waals surface area contributed by atoms with Crippen LogP contribution in [0.25, 0.3) is 0 Å². The molecule has 2 heterocycles. The van der Waals surface area contributed by atoms with Crippen LogP contribution in [-0.2, 0) is 11.4 Å². The molecular formula is C18H21N3O5. The molecule has 1 saturated heterocycles. The van der Waals surface area contributed by atoms with Gasteiger partial charge in [0.15, 0.2) is 12.3 Å². The largest absolute Gasteiger partial charge is 0.497 e. The van der Waals surface area contributed by atoms with Gasteiger partial charge in [-0.3, -0.25) is 9.59 Å². The average molecular weight is 359 g/mol. The first-order valence-corrected chi connectivity index (χ1v) is 8.33. The number of nitrogens with zero attached hydrogens (tertiary/aromatic N) is 2. The van der Waals surface area contributed by atoms with Crippen LogP contribution in [0.5, 0.6) is 11.5 Å². The first-order valence-electron chi connectivity index (χ1n) is 8.33. The first-order chi connectivity index (χ1) is 12.5. The summed E-state index contributed by atoms with van der Waals surface area (Å²) in [6.07, 6.45) is 2.07. The number of likely N-dealkylation sites (tertiary alicyclic amines) is 1. The van der Waals surface area contributed by atoms with E-state index < -0.39 is 0 Å². The van der Waals surface area contributed by atoms with E-state index in [1.165, 1.54) is 13.2 Å². The van der Waals surface area contributed by atoms with E-state index in [9.17, 15) is 9.59 Å². The Morgan fingerprint density at radius 3 is 2.73 bits per heavy atom. The van der Waals surface area contributed by atoms with E-state index >= 15 is 0 Å². The molecule has 1 atom stereocenters. The summed E-state index contributed by atoms with van der Waals surface area (Å²) in [6, 6.07) is 7.12. The molecule has 1 unspecified atom stereocenters. The number of carbonyl (C=O) groups is 2. The smallest absolute Gasteiger partial charge is 0.275 e. The summed E-state index contributed by atoms with van der Waals surface area (Å²) >= 11 is 0. The molecule has 1 fully saturated rings. The Morgan fingerprint density at radius 2 is 2.04 bits per heavy atom. The van der Waals surface area contributed by atoms with E-state index in [2.05, 4.69) is 10.3 Å². The average Bonchev–Trinajstić information content (AvgIpc) is 3.29. The van der Waals surface area contributed by atoms with Gasteiger partial charge in [0.25, 0.3) is 5.91 Å². The Balaban J connectivity index is 1.53. The maximum Gasteiger partial charge on any atom is 0.275 e. The highest BCUT2D eigenvalue weighted by atomic mass is 16.5. The van der Waals surface area contributed by atoms with Gasteiger partial charge in [-0.2, -0.15) is 0 Å². The van der Waals surface area contributed by atoms with E-state index in [0.29, 0.717) is 24.7 Å². The number of rotatable bonds is 6. The van der Waals surface area contributed by atoms with Crippen LogP contribution in [0.4, 0.5) is 0 Å². The van der Waals surface area contributed by atoms with Crippen molar-refractivity contribution in [3.8, 4) is 11.5 Å². The minimum Gasteiger partial charge on any atom is -0.497 e. The molecule has 0 aliphatic carbocycles. The summed E-state index contributed by atoms with van der Waals surface area (Å²) in [5.41, 5.74) is 0.238. The fourth-order valence-corrected chi connectivity index (χ4v) is 2.80. The molecule has 1 N–H and O–H groups in total. The van der Waals surface area contributed by atoms with Crippen LogP contribution in [0.2, 0.25) is 0 Å². The number of aromatic nitrogens is 1. The molecule has 0 spiro atoms. The SMILES string of the molecule is COc1ccc(OCc2nc(C(=O)N3CCC(NC(C)=O)C3)co2)cc1. The summed E-state index contributed by atoms with van der Waals surface area (Å²) in [5, 5.41) is 2.82. The summed E-state index contributed by atoms with van der Waals surface area (Å²) in [5.74, 6) is 1.40. The molecule has 8 heteroatoms. The minimum absolute atomic E-state index is 0.0128. The molecular weight excluding hydrogens is 338 g/mol. The topological polar surface area (TPSA) is 93.9 Å². The van der Waals surface area contributed by atoms with Gasteiger partial charge < -0.3 is 24.1 Å². The van der Waals surface area contributed by atoms with Gasteiger partial charge in [-0.05, 0) is 30.7 Å². The number of nitrogens with one attached hydrogen (secondary N) is 1. The molecule has 8 nitrogen and oxygen atoms in total. The zero-order valence-electron chi connectivity index (χ0n) is 14.7. The fourth-order valence-electron chi connectivity index (χ4n) is 2.80. The summed E-state index contributed by atoms with van der Waals surface area (Å²) < 4.78 is 16.0. The number of hydrogen-bond donors (Lipinski definition) is 1. The van der Waals surface area contributed by atoms with Gasteiger partial charge in [-0.25, -0.2) is 4.98 Å². The standard InChI is InChI=1S/C18H21N3O5/c1-12(22)19-13-7-8-21(9-13)18(23)16-10-26-17(20-16)11-25-15-5-3-14(24-2)4-6-15/h3-6,10,13H,7-9,11H2,1-2H3,(H,19,22). The van der Waals surface area contributed by atoms with Gasteiger partial charge in [-0.15, -0.1) is 0 Å². The van der Waals surface area contributed by atoms with Crippen molar-refractivity contribution in [2.24, 2.45) is 0 Å². The number of oxazole rings is 1. The van der Waals surface area contributed by atoms with Crippen molar-refractivity contribution < 1.29 is 23.5 Å². The van der Waals surface area contributed by atoms with Crippen LogP contribution < -0.4 is 14.8 Å². The molecule has 0 radical (unpaired) electrons. The van der Waals surface area contributed by atoms with E-state index in [-0.39, 0.29) is 30.2 Å². The van der Waals surface area contributed by atoms with Crippen LogP contribution in [0.1, 0.15) is 29.7 Å². The molecule has 3 rings (SSSR count). The van der Waals surface area contributed by atoms with E-state index in [1.807, 2.05) is 0 Å². The number of methoxy groups -OCH3 is 1. The monoisotopic (exact) mass is 359 g/mol. The molecule has 138 valence electrons. The first kappa shape index (κ1) is 17.8. The van der Waals surface area contributed by atoms with Gasteiger partial charge in [0.05, 0.1) is 7.11 Å². The lowest BCUT2D eigenvalue weighted by molar-refractivity contribution is -0.119. The zero-order valence-corrected chi connectivity index (χ0v) is 14.7. The zero-order chi connectivity index (χ0) is 18.5. The van der Waals surface area contributed by atoms with Crippen LogP contribution >= 0.6 is 0 Å². The van der Waals surface area contributed by atoms with Gasteiger partial charge in [0.1, 0.15) is 17.8 Å². The molecule has 2 amide bonds. The van der Waals surface area contributed by atoms with E-state index in [4.69, 9.17) is 13.9 Å². The van der Waals surface area contributed by atoms with Crippen molar-refractivity contribution in [2.45, 2.75) is 26.0 Å². The van der Waals surface area contributed by atoms with Crippen molar-refractivity contribution in [2.75, 3.05) is 20.2 Å². The Morgan fingerprint density at radius 1 is 1.31 bits per heavy atom. The van der Waals surface area contributed by atoms with Crippen LogP contribution in [0, 0.1) is 0 Å². The third-order valence-corrected chi connectivity index (χ3v) is 4.08. The van der Waals surface area contributed by atoms with Gasteiger partial charge in [-0.1, -0.05) is 0 Å². The van der Waals surface area contributed by atoms with Crippen molar-refractivity contribution in [1.82, 2.24) is 15.2 Å². The molecule has 1 aliphatic rings. The Kier molecular flexibility index (Phi) is 5.40. The number of amides is 2. The van der Waals surface area contributed by atoms with Gasteiger partial charge in [0, 0.05) is 26.1 Å². The normalized spacial score (nSPS) is 16.4. The lowest BCUT2D eigenvalue weighted by atomic mass is 10.2. The predicted molar refractivity (Wildman–Crippen MR) is 92.0 cm³/mol. The highest BCUT2D eigenvalue weighted by Gasteiger charge is 2.29. The maximum absolute atomic E-state index is 12.5. The van der Waals surface area contributed by atoms with E-state index in [1.54, 1.807) is 36.3 Å². The minimum atomic E-state index is -0.211. The number of ether oxygens (including phenoxy) is 2. The van der Waals surface area contributed by atoms with Crippen molar-refractivity contribution in [3.05, 3.63) is 42.1 Å². The third kappa shape index (κ3) is 4.33. The second kappa shape index (κ2) is 7.90. The van der Waals surface area contributed by atoms with Crippen molar-refractivity contribution >= 4 is 11.8 Å². The molecule has 26 heavy (non-hydrogen) atoms. The second-order valence-electron chi connectivity index (χ2n) is 6.03. The van der Waals surface area contributed by atoms with Crippen LogP contribution in [0.15, 0.2) is 34.9 Å². The lowest BCUT2D eigenvalue weighted by Gasteiger charge is -2.15. The third-order valence-electron chi connectivity index (χ3n) is 4.08. The van der Waals surface area contributed by atoms with E-state index in [0.717, 1.165) is 12.2 Å². The van der Waals surface area contributed by atoms with Crippen LogP contribution in [0.3, 0.4) is 0 Å². The molecule has 1 aromatic carbocycles. The predicted octanol–water partition coefficient (Wildman–Crippen LogP) is 1.61. The number of carbonyl (C=O) groups excluding carboxylic acids is 2. The summed E-state index contributed by atoms with van der Waals surface area (Å²) in [6.45, 7) is 2.64. The quantitative estimate of drug-likeness (QED) is 0.842. The lowest BCUT2D eigenvalue weighted by Crippen LogP contribution is -2.37. The highest BCUT2D eigenvalue weighted by Crippen LogP contribution is 2.19.